The van der Waals surface area contributed by atoms with Crippen LogP contribution < -0.4 is 5.73 Å². The highest BCUT2D eigenvalue weighted by atomic mass is 16.2. The van der Waals surface area contributed by atoms with Crippen molar-refractivity contribution in [3.05, 3.63) is 71.3 Å². The van der Waals surface area contributed by atoms with Crippen LogP contribution in [0.25, 0.3) is 0 Å². The van der Waals surface area contributed by atoms with E-state index in [-0.39, 0.29) is 29.2 Å². The molecule has 2 aromatic rings. The molecule has 1 aliphatic rings. The highest BCUT2D eigenvalue weighted by Crippen LogP contribution is 2.39. The van der Waals surface area contributed by atoms with Gasteiger partial charge < -0.3 is 10.6 Å². The number of nitrogens with two attached hydrogens (primary N) is 1. The number of hydrogen-bond donors (Lipinski definition) is 2. The molecule has 1 unspecified atom stereocenters. The van der Waals surface area contributed by atoms with Crippen LogP contribution in [0.15, 0.2) is 64.7 Å². The van der Waals surface area contributed by atoms with Gasteiger partial charge in [-0.05, 0) is 67.2 Å². The third-order valence-corrected chi connectivity index (χ3v) is 7.20. The van der Waals surface area contributed by atoms with Gasteiger partial charge >= 0.3 is 0 Å². The normalized spacial score (nSPS) is 19.6. The molecule has 3 N–H and O–H groups in total. The number of carbonyl (C=O) groups excluding carboxylic acids is 2. The van der Waals surface area contributed by atoms with Gasteiger partial charge in [-0.15, -0.1) is 5.11 Å². The number of hydrogen-bond acceptors (Lipinski definition) is 3. The summed E-state index contributed by atoms with van der Waals surface area (Å²) in [5.41, 5.74) is 14.8. The minimum absolute atomic E-state index is 0.130. The molecule has 7 heteroatoms. The molecular weight excluding hydrogens is 438 g/mol. The minimum atomic E-state index is -0.545. The molecule has 0 spiro atoms. The van der Waals surface area contributed by atoms with Crippen molar-refractivity contribution in [1.29, 1.82) is 5.53 Å². The third-order valence-electron chi connectivity index (χ3n) is 7.20. The van der Waals surface area contributed by atoms with Crippen LogP contribution >= 0.6 is 0 Å². The van der Waals surface area contributed by atoms with Gasteiger partial charge in [-0.25, -0.2) is 5.53 Å². The smallest absolute Gasteiger partial charge is 0.280 e. The summed E-state index contributed by atoms with van der Waals surface area (Å²) in [4.78, 5) is 31.6. The highest BCUT2D eigenvalue weighted by Gasteiger charge is 2.35. The molecule has 0 aromatic heterocycles. The van der Waals surface area contributed by atoms with Crippen LogP contribution in [0.3, 0.4) is 0 Å². The molecule has 35 heavy (non-hydrogen) atoms. The van der Waals surface area contributed by atoms with E-state index in [1.165, 1.54) is 0 Å². The SMILES string of the molecule is CC(C(=O)N(Cc1ccc(C(=O)N=C(N)N=N)cc1)C1CCC(C(C)(C)C)CC1)c1ccccc1. The zero-order valence-electron chi connectivity index (χ0n) is 21.2. The Labute approximate surface area is 208 Å². The van der Waals surface area contributed by atoms with Gasteiger partial charge in [0.15, 0.2) is 0 Å². The van der Waals surface area contributed by atoms with E-state index in [2.05, 4.69) is 30.9 Å². The Morgan fingerprint density at radius 1 is 1.03 bits per heavy atom. The first kappa shape index (κ1) is 26.3. The Kier molecular flexibility index (Phi) is 8.54. The lowest BCUT2D eigenvalue weighted by Gasteiger charge is -2.42. The molecule has 186 valence electrons. The second-order valence-corrected chi connectivity index (χ2v) is 10.6. The fourth-order valence-electron chi connectivity index (χ4n) is 4.92. The number of carbonyl (C=O) groups is 2. The molecule has 2 aromatic carbocycles. The monoisotopic (exact) mass is 475 g/mol. The lowest BCUT2D eigenvalue weighted by Crippen LogP contribution is -2.44. The predicted molar refractivity (Wildman–Crippen MR) is 138 cm³/mol. The number of nitrogens with one attached hydrogen (secondary N) is 1. The van der Waals surface area contributed by atoms with Crippen molar-refractivity contribution in [2.24, 2.45) is 27.2 Å². The maximum absolute atomic E-state index is 13.8. The van der Waals surface area contributed by atoms with E-state index in [4.69, 9.17) is 11.3 Å². The second-order valence-electron chi connectivity index (χ2n) is 10.6. The lowest BCUT2D eigenvalue weighted by atomic mass is 9.71. The van der Waals surface area contributed by atoms with Gasteiger partial charge in [-0.2, -0.15) is 4.99 Å². The van der Waals surface area contributed by atoms with Crippen molar-refractivity contribution in [2.45, 2.75) is 71.9 Å². The van der Waals surface area contributed by atoms with Crippen LogP contribution in [-0.2, 0) is 11.3 Å². The average Bonchev–Trinajstić information content (AvgIpc) is 2.86. The van der Waals surface area contributed by atoms with Crippen LogP contribution in [0.2, 0.25) is 0 Å². The van der Waals surface area contributed by atoms with Crippen LogP contribution in [0.5, 0.6) is 0 Å². The maximum atomic E-state index is 13.8. The van der Waals surface area contributed by atoms with Gasteiger partial charge in [0.2, 0.25) is 11.9 Å². The summed E-state index contributed by atoms with van der Waals surface area (Å²) < 4.78 is 0. The van der Waals surface area contributed by atoms with Gasteiger partial charge in [0.25, 0.3) is 5.91 Å². The molecule has 3 rings (SSSR count). The van der Waals surface area contributed by atoms with Crippen molar-refractivity contribution in [2.75, 3.05) is 0 Å². The van der Waals surface area contributed by atoms with Crippen molar-refractivity contribution >= 4 is 17.8 Å². The standard InChI is InChI=1S/C28H37N5O2/c1-19(21-8-6-5-7-9-21)26(35)33(24-16-14-23(15-17-24)28(2,3)4)18-20-10-12-22(13-11-20)25(34)31-27(29)32-30/h5-13,19,23-24,30H,14-18H2,1-4H3,(H2,29,31,34). The number of nitrogens with zero attached hydrogens (tertiary/aromatic N) is 3. The maximum Gasteiger partial charge on any atom is 0.280 e. The predicted octanol–water partition coefficient (Wildman–Crippen LogP) is 5.91. The molecule has 0 radical (unpaired) electrons. The minimum Gasteiger partial charge on any atom is -0.366 e. The van der Waals surface area contributed by atoms with E-state index in [9.17, 15) is 9.59 Å². The van der Waals surface area contributed by atoms with Gasteiger partial charge in [-0.3, -0.25) is 9.59 Å². The van der Waals surface area contributed by atoms with E-state index in [0.29, 0.717) is 18.0 Å². The molecular formula is C28H37N5O2. The van der Waals surface area contributed by atoms with Gasteiger partial charge in [0.1, 0.15) is 0 Å². The molecule has 0 bridgehead atoms. The zero-order chi connectivity index (χ0) is 25.6. The Bertz CT molecular complexity index is 1050. The van der Waals surface area contributed by atoms with Crippen LogP contribution in [-0.4, -0.2) is 28.7 Å². The van der Waals surface area contributed by atoms with E-state index in [1.807, 2.05) is 54.3 Å². The summed E-state index contributed by atoms with van der Waals surface area (Å²) in [6, 6.07) is 17.2. The molecule has 0 aliphatic heterocycles. The number of guanidine groups is 1. The molecule has 1 aliphatic carbocycles. The van der Waals surface area contributed by atoms with Crippen molar-refractivity contribution in [3.63, 3.8) is 0 Å². The quantitative estimate of drug-likeness (QED) is 0.308. The summed E-state index contributed by atoms with van der Waals surface area (Å²) in [6.07, 6.45) is 4.23. The van der Waals surface area contributed by atoms with E-state index in [1.54, 1.807) is 12.1 Å². The fourth-order valence-corrected chi connectivity index (χ4v) is 4.92. The van der Waals surface area contributed by atoms with Gasteiger partial charge in [0, 0.05) is 18.2 Å². The Hall–Kier alpha value is -3.35. The van der Waals surface area contributed by atoms with Crippen molar-refractivity contribution < 1.29 is 9.59 Å². The highest BCUT2D eigenvalue weighted by molar-refractivity contribution is 6.02. The Morgan fingerprint density at radius 2 is 1.63 bits per heavy atom. The van der Waals surface area contributed by atoms with Crippen molar-refractivity contribution in [1.82, 2.24) is 4.90 Å². The Morgan fingerprint density at radius 3 is 2.17 bits per heavy atom. The number of aliphatic imine (C=N–C) groups is 1. The number of benzene rings is 2. The van der Waals surface area contributed by atoms with Gasteiger partial charge in [0.05, 0.1) is 5.92 Å². The first-order chi connectivity index (χ1) is 16.6. The average molecular weight is 476 g/mol. The zero-order valence-corrected chi connectivity index (χ0v) is 21.2. The molecule has 2 amide bonds. The van der Waals surface area contributed by atoms with Crippen LogP contribution in [0.4, 0.5) is 0 Å². The molecule has 1 saturated carbocycles. The summed E-state index contributed by atoms with van der Waals surface area (Å²) >= 11 is 0. The number of rotatable bonds is 6. The summed E-state index contributed by atoms with van der Waals surface area (Å²) in [5.74, 6) is -0.364. The fraction of sp³-hybridized carbons (Fsp3) is 0.464. The topological polar surface area (TPSA) is 112 Å². The second kappa shape index (κ2) is 11.4. The largest absolute Gasteiger partial charge is 0.366 e. The molecule has 1 atom stereocenters. The number of amides is 2. The van der Waals surface area contributed by atoms with Crippen LogP contribution in [0.1, 0.15) is 80.8 Å². The van der Waals surface area contributed by atoms with E-state index >= 15 is 0 Å². The molecule has 7 nitrogen and oxygen atoms in total. The van der Waals surface area contributed by atoms with Crippen molar-refractivity contribution in [3.8, 4) is 0 Å². The Balaban J connectivity index is 1.81. The summed E-state index contributed by atoms with van der Waals surface area (Å²) in [7, 11) is 0. The van der Waals surface area contributed by atoms with E-state index in [0.717, 1.165) is 36.8 Å². The lowest BCUT2D eigenvalue weighted by molar-refractivity contribution is -0.136. The third kappa shape index (κ3) is 6.84. The molecule has 0 saturated heterocycles. The molecule has 1 fully saturated rings. The van der Waals surface area contributed by atoms with E-state index < -0.39 is 5.91 Å². The summed E-state index contributed by atoms with van der Waals surface area (Å²) in [5, 5.41) is 2.96. The first-order valence-corrected chi connectivity index (χ1v) is 12.3. The van der Waals surface area contributed by atoms with Crippen LogP contribution in [0, 0.1) is 16.9 Å². The first-order valence-electron chi connectivity index (χ1n) is 12.3. The van der Waals surface area contributed by atoms with Gasteiger partial charge in [-0.1, -0.05) is 63.2 Å². The molecule has 0 heterocycles. The summed E-state index contributed by atoms with van der Waals surface area (Å²) in [6.45, 7) is 9.38.